The van der Waals surface area contributed by atoms with Crippen molar-refractivity contribution in [2.24, 2.45) is 5.92 Å². The fourth-order valence-corrected chi connectivity index (χ4v) is 2.21. The zero-order valence-corrected chi connectivity index (χ0v) is 10.1. The highest BCUT2D eigenvalue weighted by atomic mass is 16.5. The van der Waals surface area contributed by atoms with Crippen molar-refractivity contribution >= 4 is 0 Å². The minimum absolute atomic E-state index is 0.530. The molecule has 0 bridgehead atoms. The molecule has 0 amide bonds. The number of methoxy groups -OCH3 is 1. The second-order valence-corrected chi connectivity index (χ2v) is 4.34. The van der Waals surface area contributed by atoms with Crippen LogP contribution < -0.4 is 5.32 Å². The third-order valence-electron chi connectivity index (χ3n) is 3.12. The Labute approximate surface area is 93.5 Å². The summed E-state index contributed by atoms with van der Waals surface area (Å²) in [6.07, 6.45) is 5.02. The summed E-state index contributed by atoms with van der Waals surface area (Å²) < 4.78 is 10.6. The Morgan fingerprint density at radius 3 is 2.73 bits per heavy atom. The Morgan fingerprint density at radius 1 is 1.40 bits per heavy atom. The number of rotatable bonds is 7. The first-order valence-corrected chi connectivity index (χ1v) is 6.16. The highest BCUT2D eigenvalue weighted by Crippen LogP contribution is 2.20. The first kappa shape index (κ1) is 12.9. The van der Waals surface area contributed by atoms with Crippen LogP contribution in [-0.4, -0.2) is 39.5 Å². The molecule has 0 aromatic rings. The molecule has 3 heteroatoms. The summed E-state index contributed by atoms with van der Waals surface area (Å²) in [5, 5.41) is 3.47. The van der Waals surface area contributed by atoms with Gasteiger partial charge in [0.15, 0.2) is 0 Å². The zero-order chi connectivity index (χ0) is 10.9. The lowest BCUT2D eigenvalue weighted by molar-refractivity contribution is 0.0608. The normalized spacial score (nSPS) is 20.4. The van der Waals surface area contributed by atoms with E-state index in [2.05, 4.69) is 12.2 Å². The monoisotopic (exact) mass is 215 g/mol. The Morgan fingerprint density at radius 2 is 2.13 bits per heavy atom. The predicted molar refractivity (Wildman–Crippen MR) is 62.1 cm³/mol. The Kier molecular flexibility index (Phi) is 6.98. The third-order valence-corrected chi connectivity index (χ3v) is 3.12. The quantitative estimate of drug-likeness (QED) is 0.702. The van der Waals surface area contributed by atoms with Gasteiger partial charge in [0.05, 0.1) is 6.61 Å². The standard InChI is InChI=1S/C12H25NO2/c1-3-13-12(10-14-2)5-4-11-6-8-15-9-7-11/h11-13H,3-10H2,1-2H3. The number of hydrogen-bond donors (Lipinski definition) is 1. The van der Waals surface area contributed by atoms with Crippen LogP contribution in [0.25, 0.3) is 0 Å². The maximum absolute atomic E-state index is 5.36. The lowest BCUT2D eigenvalue weighted by atomic mass is 9.93. The first-order valence-electron chi connectivity index (χ1n) is 6.16. The van der Waals surface area contributed by atoms with E-state index in [0.29, 0.717) is 6.04 Å². The summed E-state index contributed by atoms with van der Waals surface area (Å²) in [6, 6.07) is 0.530. The summed E-state index contributed by atoms with van der Waals surface area (Å²) in [5.74, 6) is 0.872. The van der Waals surface area contributed by atoms with Crippen LogP contribution in [0, 0.1) is 5.92 Å². The van der Waals surface area contributed by atoms with E-state index in [1.165, 1.54) is 25.7 Å². The van der Waals surface area contributed by atoms with Crippen molar-refractivity contribution < 1.29 is 9.47 Å². The molecule has 1 fully saturated rings. The van der Waals surface area contributed by atoms with Crippen LogP contribution in [0.4, 0.5) is 0 Å². The Balaban J connectivity index is 2.13. The highest BCUT2D eigenvalue weighted by Gasteiger charge is 2.15. The lowest BCUT2D eigenvalue weighted by Crippen LogP contribution is -2.33. The van der Waals surface area contributed by atoms with E-state index in [1.54, 1.807) is 7.11 Å². The Bertz CT molecular complexity index is 141. The third kappa shape index (κ3) is 5.50. The summed E-state index contributed by atoms with van der Waals surface area (Å²) in [4.78, 5) is 0. The molecule has 15 heavy (non-hydrogen) atoms. The average Bonchev–Trinajstić information content (AvgIpc) is 2.28. The lowest BCUT2D eigenvalue weighted by Gasteiger charge is -2.24. The molecule has 1 aliphatic heterocycles. The number of hydrogen-bond acceptors (Lipinski definition) is 3. The molecule has 1 aliphatic rings. The van der Waals surface area contributed by atoms with Gasteiger partial charge in [-0.25, -0.2) is 0 Å². The number of likely N-dealkylation sites (N-methyl/N-ethyl adjacent to an activating group) is 1. The van der Waals surface area contributed by atoms with Gasteiger partial charge in [-0.15, -0.1) is 0 Å². The minimum atomic E-state index is 0.530. The molecule has 3 nitrogen and oxygen atoms in total. The predicted octanol–water partition coefficient (Wildman–Crippen LogP) is 1.82. The van der Waals surface area contributed by atoms with E-state index < -0.39 is 0 Å². The zero-order valence-electron chi connectivity index (χ0n) is 10.1. The summed E-state index contributed by atoms with van der Waals surface area (Å²) in [5.41, 5.74) is 0. The molecule has 0 aromatic heterocycles. The van der Waals surface area contributed by atoms with Crippen LogP contribution in [0.3, 0.4) is 0 Å². The molecule has 0 spiro atoms. The van der Waals surface area contributed by atoms with Crippen LogP contribution in [0.15, 0.2) is 0 Å². The molecule has 1 unspecified atom stereocenters. The van der Waals surface area contributed by atoms with E-state index in [4.69, 9.17) is 9.47 Å². The van der Waals surface area contributed by atoms with E-state index in [0.717, 1.165) is 32.3 Å². The molecule has 0 aliphatic carbocycles. The van der Waals surface area contributed by atoms with Crippen LogP contribution in [-0.2, 0) is 9.47 Å². The fourth-order valence-electron chi connectivity index (χ4n) is 2.21. The van der Waals surface area contributed by atoms with Crippen molar-refractivity contribution in [3.63, 3.8) is 0 Å². The van der Waals surface area contributed by atoms with Crippen molar-refractivity contribution in [1.82, 2.24) is 5.32 Å². The molecular weight excluding hydrogens is 190 g/mol. The second-order valence-electron chi connectivity index (χ2n) is 4.34. The van der Waals surface area contributed by atoms with Crippen LogP contribution in [0.5, 0.6) is 0 Å². The van der Waals surface area contributed by atoms with E-state index >= 15 is 0 Å². The molecule has 0 saturated carbocycles. The number of nitrogens with one attached hydrogen (secondary N) is 1. The van der Waals surface area contributed by atoms with Gasteiger partial charge in [0, 0.05) is 26.4 Å². The molecule has 90 valence electrons. The Hall–Kier alpha value is -0.120. The van der Waals surface area contributed by atoms with Gasteiger partial charge < -0.3 is 14.8 Å². The molecule has 1 heterocycles. The van der Waals surface area contributed by atoms with Gasteiger partial charge in [0.2, 0.25) is 0 Å². The van der Waals surface area contributed by atoms with Gasteiger partial charge in [-0.2, -0.15) is 0 Å². The molecule has 1 rings (SSSR count). The van der Waals surface area contributed by atoms with Crippen LogP contribution in [0.1, 0.15) is 32.6 Å². The topological polar surface area (TPSA) is 30.5 Å². The van der Waals surface area contributed by atoms with E-state index in [-0.39, 0.29) is 0 Å². The summed E-state index contributed by atoms with van der Waals surface area (Å²) >= 11 is 0. The largest absolute Gasteiger partial charge is 0.383 e. The molecule has 1 N–H and O–H groups in total. The van der Waals surface area contributed by atoms with Crippen molar-refractivity contribution in [2.45, 2.75) is 38.6 Å². The van der Waals surface area contributed by atoms with E-state index in [1.807, 2.05) is 0 Å². The van der Waals surface area contributed by atoms with Gasteiger partial charge in [-0.3, -0.25) is 0 Å². The van der Waals surface area contributed by atoms with Crippen molar-refractivity contribution in [2.75, 3.05) is 33.5 Å². The maximum Gasteiger partial charge on any atom is 0.0615 e. The molecule has 1 atom stereocenters. The smallest absolute Gasteiger partial charge is 0.0615 e. The molecule has 0 radical (unpaired) electrons. The molecule has 0 aromatic carbocycles. The van der Waals surface area contributed by atoms with Crippen molar-refractivity contribution in [3.8, 4) is 0 Å². The first-order chi connectivity index (χ1) is 7.36. The van der Waals surface area contributed by atoms with Crippen molar-refractivity contribution in [3.05, 3.63) is 0 Å². The average molecular weight is 215 g/mol. The summed E-state index contributed by atoms with van der Waals surface area (Å²) in [7, 11) is 1.78. The minimum Gasteiger partial charge on any atom is -0.383 e. The second kappa shape index (κ2) is 8.08. The van der Waals surface area contributed by atoms with Crippen molar-refractivity contribution in [1.29, 1.82) is 0 Å². The fraction of sp³-hybridized carbons (Fsp3) is 1.00. The molecule has 1 saturated heterocycles. The maximum atomic E-state index is 5.36. The highest BCUT2D eigenvalue weighted by molar-refractivity contribution is 4.70. The van der Waals surface area contributed by atoms with Gasteiger partial charge in [-0.1, -0.05) is 6.92 Å². The van der Waals surface area contributed by atoms with Gasteiger partial charge in [0.25, 0.3) is 0 Å². The number of ether oxygens (including phenoxy) is 2. The summed E-state index contributed by atoms with van der Waals surface area (Å²) in [6.45, 7) is 5.93. The molecular formula is C12H25NO2. The van der Waals surface area contributed by atoms with Gasteiger partial charge in [0.1, 0.15) is 0 Å². The van der Waals surface area contributed by atoms with Gasteiger partial charge in [-0.05, 0) is 38.1 Å². The van der Waals surface area contributed by atoms with E-state index in [9.17, 15) is 0 Å². The van der Waals surface area contributed by atoms with Gasteiger partial charge >= 0.3 is 0 Å². The van der Waals surface area contributed by atoms with Crippen LogP contribution in [0.2, 0.25) is 0 Å². The van der Waals surface area contributed by atoms with Crippen LogP contribution >= 0.6 is 0 Å². The SMILES string of the molecule is CCNC(CCC1CCOCC1)COC.